The van der Waals surface area contributed by atoms with E-state index in [0.29, 0.717) is 30.5 Å². The van der Waals surface area contributed by atoms with Gasteiger partial charge in [-0.3, -0.25) is 14.5 Å². The monoisotopic (exact) mass is 399 g/mol. The summed E-state index contributed by atoms with van der Waals surface area (Å²) in [6.45, 7) is 1.93. The number of rotatable bonds is 2. The minimum Gasteiger partial charge on any atom is -0.294 e. The molecule has 0 N–H and O–H groups in total. The van der Waals surface area contributed by atoms with Crippen LogP contribution in [0.1, 0.15) is 48.3 Å². The number of benzene rings is 2. The number of allylic oxidation sites excluding steroid dienone is 2. The number of Topliss-reactive ketones (excluding diaryl/α,β-unsaturated/α-hetero) is 1. The Labute approximate surface area is 166 Å². The van der Waals surface area contributed by atoms with E-state index < -0.39 is 23.6 Å². The number of hydrogen-bond acceptors (Lipinski definition) is 2. The molecule has 0 radical (unpaired) electrons. The van der Waals surface area contributed by atoms with Gasteiger partial charge >= 0.3 is 6.18 Å². The highest BCUT2D eigenvalue weighted by atomic mass is 19.4. The van der Waals surface area contributed by atoms with Crippen molar-refractivity contribution in [1.29, 1.82) is 0 Å². The third-order valence-electron chi connectivity index (χ3n) is 5.57. The zero-order valence-corrected chi connectivity index (χ0v) is 15.9. The number of carbonyl (C=O) groups is 2. The average molecular weight is 399 g/mol. The maximum Gasteiger partial charge on any atom is 0.418 e. The summed E-state index contributed by atoms with van der Waals surface area (Å²) in [5, 5.41) is 0. The molecule has 0 saturated carbocycles. The Morgan fingerprint density at radius 3 is 2.48 bits per heavy atom. The van der Waals surface area contributed by atoms with Crippen molar-refractivity contribution in [3.05, 3.63) is 76.5 Å². The van der Waals surface area contributed by atoms with Crippen molar-refractivity contribution in [1.82, 2.24) is 0 Å². The second kappa shape index (κ2) is 7.17. The van der Waals surface area contributed by atoms with Gasteiger partial charge in [0.05, 0.1) is 11.3 Å². The highest BCUT2D eigenvalue weighted by Crippen LogP contribution is 2.46. The molecule has 2 aromatic rings. The lowest BCUT2D eigenvalue weighted by Gasteiger charge is -2.39. The van der Waals surface area contributed by atoms with E-state index in [4.69, 9.17) is 0 Å². The Morgan fingerprint density at radius 2 is 1.76 bits per heavy atom. The second-order valence-electron chi connectivity index (χ2n) is 7.55. The Bertz CT molecular complexity index is 1020. The fourth-order valence-corrected chi connectivity index (χ4v) is 4.35. The zero-order valence-electron chi connectivity index (χ0n) is 15.9. The quantitative estimate of drug-likeness (QED) is 0.665. The Hall–Kier alpha value is -2.89. The SMILES string of the molecule is Cc1cccc(C2CC(=O)N(c3ccccc3C(F)(F)F)C3=C2C(=O)CCC3)c1. The van der Waals surface area contributed by atoms with Crippen molar-refractivity contribution >= 4 is 17.4 Å². The van der Waals surface area contributed by atoms with Crippen molar-refractivity contribution in [3.8, 4) is 0 Å². The number of carbonyl (C=O) groups excluding carboxylic acids is 2. The van der Waals surface area contributed by atoms with Crippen LogP contribution in [0.5, 0.6) is 0 Å². The van der Waals surface area contributed by atoms with Crippen LogP contribution in [0.3, 0.4) is 0 Å². The van der Waals surface area contributed by atoms with Gasteiger partial charge in [0.15, 0.2) is 5.78 Å². The molecule has 0 saturated heterocycles. The zero-order chi connectivity index (χ0) is 20.8. The molecule has 1 unspecified atom stereocenters. The van der Waals surface area contributed by atoms with Crippen molar-refractivity contribution in [2.75, 3.05) is 4.90 Å². The standard InChI is InChI=1S/C23H20F3NO2/c1-14-6-4-7-15(12-14)16-13-21(29)27(19-10-5-11-20(28)22(16)19)18-9-3-2-8-17(18)23(24,25)26/h2-4,6-9,12,16H,5,10-11,13H2,1H3. The van der Waals surface area contributed by atoms with Gasteiger partial charge in [0, 0.05) is 30.0 Å². The molecule has 29 heavy (non-hydrogen) atoms. The maximum atomic E-state index is 13.6. The number of alkyl halides is 3. The normalized spacial score (nSPS) is 20.1. The number of anilines is 1. The van der Waals surface area contributed by atoms with Crippen molar-refractivity contribution < 1.29 is 22.8 Å². The molecule has 2 aromatic carbocycles. The summed E-state index contributed by atoms with van der Waals surface area (Å²) in [5.41, 5.74) is 1.69. The van der Waals surface area contributed by atoms with Crippen LogP contribution in [0.4, 0.5) is 18.9 Å². The second-order valence-corrected chi connectivity index (χ2v) is 7.55. The summed E-state index contributed by atoms with van der Waals surface area (Å²) in [6, 6.07) is 12.7. The predicted molar refractivity (Wildman–Crippen MR) is 103 cm³/mol. The number of hydrogen-bond donors (Lipinski definition) is 0. The van der Waals surface area contributed by atoms with Crippen LogP contribution in [-0.4, -0.2) is 11.7 Å². The molecule has 4 rings (SSSR count). The Morgan fingerprint density at radius 1 is 1.00 bits per heavy atom. The van der Waals surface area contributed by atoms with E-state index in [-0.39, 0.29) is 17.9 Å². The Balaban J connectivity index is 1.91. The molecule has 1 atom stereocenters. The fraction of sp³-hybridized carbons (Fsp3) is 0.304. The Kier molecular flexibility index (Phi) is 4.81. The number of para-hydroxylation sites is 1. The summed E-state index contributed by atoms with van der Waals surface area (Å²) in [7, 11) is 0. The van der Waals surface area contributed by atoms with Crippen molar-refractivity contribution in [3.63, 3.8) is 0 Å². The largest absolute Gasteiger partial charge is 0.418 e. The molecule has 0 fully saturated rings. The summed E-state index contributed by atoms with van der Waals surface area (Å²) in [6.07, 6.45) is -3.34. The number of aryl methyl sites for hydroxylation is 1. The summed E-state index contributed by atoms with van der Waals surface area (Å²) in [4.78, 5) is 27.1. The average Bonchev–Trinajstić information content (AvgIpc) is 2.67. The number of ketones is 1. The van der Waals surface area contributed by atoms with Crippen LogP contribution in [0.25, 0.3) is 0 Å². The first-order chi connectivity index (χ1) is 13.8. The van der Waals surface area contributed by atoms with Gasteiger partial charge < -0.3 is 0 Å². The van der Waals surface area contributed by atoms with Crippen LogP contribution in [0.2, 0.25) is 0 Å². The third kappa shape index (κ3) is 3.48. The minimum atomic E-state index is -4.59. The first-order valence-corrected chi connectivity index (χ1v) is 9.59. The molecule has 0 aromatic heterocycles. The highest BCUT2D eigenvalue weighted by molar-refractivity contribution is 6.07. The summed E-state index contributed by atoms with van der Waals surface area (Å²) >= 11 is 0. The molecule has 1 aliphatic heterocycles. The molecular formula is C23H20F3NO2. The van der Waals surface area contributed by atoms with Gasteiger partial charge in [-0.1, -0.05) is 42.0 Å². The molecular weight excluding hydrogens is 379 g/mol. The van der Waals surface area contributed by atoms with E-state index in [2.05, 4.69) is 0 Å². The van der Waals surface area contributed by atoms with E-state index >= 15 is 0 Å². The summed E-state index contributed by atoms with van der Waals surface area (Å²) < 4.78 is 40.8. The van der Waals surface area contributed by atoms with E-state index in [1.807, 2.05) is 31.2 Å². The van der Waals surface area contributed by atoms with E-state index in [9.17, 15) is 22.8 Å². The van der Waals surface area contributed by atoms with Crippen LogP contribution in [0.15, 0.2) is 59.8 Å². The highest BCUT2D eigenvalue weighted by Gasteiger charge is 2.43. The van der Waals surface area contributed by atoms with Gasteiger partial charge in [0.25, 0.3) is 0 Å². The number of halogens is 3. The van der Waals surface area contributed by atoms with Gasteiger partial charge in [-0.15, -0.1) is 0 Å². The maximum absolute atomic E-state index is 13.6. The molecule has 150 valence electrons. The van der Waals surface area contributed by atoms with Gasteiger partial charge in [-0.2, -0.15) is 13.2 Å². The first kappa shape index (κ1) is 19.4. The minimum absolute atomic E-state index is 0.0276. The lowest BCUT2D eigenvalue weighted by Crippen LogP contribution is -2.41. The first-order valence-electron chi connectivity index (χ1n) is 9.59. The van der Waals surface area contributed by atoms with Gasteiger partial charge in [-0.05, 0) is 37.5 Å². The smallest absolute Gasteiger partial charge is 0.294 e. The molecule has 1 aliphatic carbocycles. The van der Waals surface area contributed by atoms with Crippen LogP contribution in [0, 0.1) is 6.92 Å². The molecule has 0 spiro atoms. The molecule has 1 heterocycles. The van der Waals surface area contributed by atoms with E-state index in [1.54, 1.807) is 0 Å². The van der Waals surface area contributed by atoms with Gasteiger partial charge in [-0.25, -0.2) is 0 Å². The van der Waals surface area contributed by atoms with Crippen molar-refractivity contribution in [2.45, 2.75) is 44.7 Å². The number of nitrogens with zero attached hydrogens (tertiary/aromatic N) is 1. The lowest BCUT2D eigenvalue weighted by atomic mass is 9.77. The fourth-order valence-electron chi connectivity index (χ4n) is 4.35. The molecule has 1 amide bonds. The molecule has 3 nitrogen and oxygen atoms in total. The summed E-state index contributed by atoms with van der Waals surface area (Å²) in [5.74, 6) is -0.916. The predicted octanol–water partition coefficient (Wildman–Crippen LogP) is 5.54. The molecule has 2 aliphatic rings. The molecule has 0 bridgehead atoms. The van der Waals surface area contributed by atoms with Crippen LogP contribution < -0.4 is 4.90 Å². The number of amides is 1. The van der Waals surface area contributed by atoms with Crippen LogP contribution in [-0.2, 0) is 15.8 Å². The van der Waals surface area contributed by atoms with Gasteiger partial charge in [0.1, 0.15) is 0 Å². The lowest BCUT2D eigenvalue weighted by molar-refractivity contribution is -0.137. The van der Waals surface area contributed by atoms with Gasteiger partial charge in [0.2, 0.25) is 5.91 Å². The third-order valence-corrected chi connectivity index (χ3v) is 5.57. The molecule has 6 heteroatoms. The van der Waals surface area contributed by atoms with E-state index in [1.165, 1.54) is 18.2 Å². The topological polar surface area (TPSA) is 37.4 Å². The van der Waals surface area contributed by atoms with Crippen LogP contribution >= 0.6 is 0 Å². The van der Waals surface area contributed by atoms with E-state index in [0.717, 1.165) is 22.1 Å². The van der Waals surface area contributed by atoms with Crippen molar-refractivity contribution in [2.24, 2.45) is 0 Å².